The number of para-hydroxylation sites is 1. The van der Waals surface area contributed by atoms with Crippen LogP contribution in [-0.2, 0) is 0 Å². The lowest BCUT2D eigenvalue weighted by molar-refractivity contribution is 0.101. The smallest absolute Gasteiger partial charge is 0.347 e. The zero-order valence-electron chi connectivity index (χ0n) is 8.53. The number of hydrogen-bond donors (Lipinski definition) is 0. The number of carbonyl (C=O) groups excluding carboxylic acids is 1. The van der Waals surface area contributed by atoms with Gasteiger partial charge in [0.25, 0.3) is 0 Å². The monoisotopic (exact) mass is 202 g/mol. The predicted molar refractivity (Wildman–Crippen MR) is 57.2 cm³/mol. The maximum absolute atomic E-state index is 11.5. The number of Topliss-reactive ketones (excluding diaryl/α,β-unsaturated/α-hetero) is 1. The van der Waals surface area contributed by atoms with E-state index >= 15 is 0 Å². The molecule has 0 unspecified atom stereocenters. The fourth-order valence-corrected chi connectivity index (χ4v) is 1.71. The first-order valence-corrected chi connectivity index (χ1v) is 4.64. The molecule has 0 saturated heterocycles. The minimum atomic E-state index is -0.557. The summed E-state index contributed by atoms with van der Waals surface area (Å²) >= 11 is 0. The van der Waals surface area contributed by atoms with Crippen molar-refractivity contribution >= 4 is 16.8 Å². The number of fused-ring (bicyclic) bond motifs is 1. The minimum Gasteiger partial charge on any atom is -0.422 e. The molecule has 15 heavy (non-hydrogen) atoms. The van der Waals surface area contributed by atoms with Crippen molar-refractivity contribution in [1.82, 2.24) is 0 Å². The molecule has 0 bridgehead atoms. The summed E-state index contributed by atoms with van der Waals surface area (Å²) in [5.74, 6) is -0.257. The van der Waals surface area contributed by atoms with Crippen molar-refractivity contribution in [2.45, 2.75) is 13.8 Å². The standard InChI is InChI=1S/C12H10O3/c1-7-9-5-3-4-6-10(9)15-12(14)11(7)8(2)13/h3-6H,1-2H3. The third-order valence-electron chi connectivity index (χ3n) is 2.42. The fourth-order valence-electron chi connectivity index (χ4n) is 1.71. The van der Waals surface area contributed by atoms with Crippen LogP contribution in [0.3, 0.4) is 0 Å². The highest BCUT2D eigenvalue weighted by Crippen LogP contribution is 2.18. The molecule has 2 rings (SSSR count). The molecule has 2 aromatic rings. The lowest BCUT2D eigenvalue weighted by Gasteiger charge is -2.03. The van der Waals surface area contributed by atoms with Crippen molar-refractivity contribution in [3.05, 3.63) is 45.8 Å². The number of aryl methyl sites for hydroxylation is 1. The van der Waals surface area contributed by atoms with Crippen molar-refractivity contribution in [2.75, 3.05) is 0 Å². The summed E-state index contributed by atoms with van der Waals surface area (Å²) in [5, 5.41) is 0.808. The molecule has 0 aliphatic heterocycles. The number of rotatable bonds is 1. The van der Waals surface area contributed by atoms with Crippen molar-refractivity contribution in [2.24, 2.45) is 0 Å². The van der Waals surface area contributed by atoms with E-state index in [-0.39, 0.29) is 11.3 Å². The first kappa shape index (κ1) is 9.65. The van der Waals surface area contributed by atoms with E-state index in [1.54, 1.807) is 19.1 Å². The maximum atomic E-state index is 11.5. The van der Waals surface area contributed by atoms with E-state index in [9.17, 15) is 9.59 Å². The van der Waals surface area contributed by atoms with Gasteiger partial charge in [-0.1, -0.05) is 18.2 Å². The highest BCUT2D eigenvalue weighted by molar-refractivity contribution is 5.99. The second-order valence-electron chi connectivity index (χ2n) is 3.44. The van der Waals surface area contributed by atoms with Gasteiger partial charge in [-0.15, -0.1) is 0 Å². The van der Waals surface area contributed by atoms with Crippen molar-refractivity contribution in [3.63, 3.8) is 0 Å². The second-order valence-corrected chi connectivity index (χ2v) is 3.44. The van der Waals surface area contributed by atoms with Crippen LogP contribution in [0.5, 0.6) is 0 Å². The Bertz CT molecular complexity index is 593. The summed E-state index contributed by atoms with van der Waals surface area (Å²) in [5.41, 5.74) is 0.798. The summed E-state index contributed by atoms with van der Waals surface area (Å²) in [7, 11) is 0. The van der Waals surface area contributed by atoms with Gasteiger partial charge in [-0.05, 0) is 25.5 Å². The lowest BCUT2D eigenvalue weighted by atomic mass is 10.0. The molecule has 0 aliphatic rings. The average molecular weight is 202 g/mol. The molecule has 1 heterocycles. The van der Waals surface area contributed by atoms with E-state index in [4.69, 9.17) is 4.42 Å². The Labute approximate surface area is 86.3 Å². The Morgan fingerprint density at radius 2 is 1.93 bits per heavy atom. The second kappa shape index (κ2) is 3.35. The van der Waals surface area contributed by atoms with Gasteiger partial charge in [-0.2, -0.15) is 0 Å². The zero-order chi connectivity index (χ0) is 11.0. The van der Waals surface area contributed by atoms with E-state index < -0.39 is 5.63 Å². The van der Waals surface area contributed by atoms with Crippen LogP contribution in [0, 0.1) is 6.92 Å². The average Bonchev–Trinajstić information content (AvgIpc) is 2.17. The molecule has 3 heteroatoms. The quantitative estimate of drug-likeness (QED) is 0.526. The van der Waals surface area contributed by atoms with Crippen molar-refractivity contribution < 1.29 is 9.21 Å². The molecule has 0 atom stereocenters. The highest BCUT2D eigenvalue weighted by atomic mass is 16.4. The van der Waals surface area contributed by atoms with Crippen molar-refractivity contribution in [3.8, 4) is 0 Å². The van der Waals surface area contributed by atoms with Crippen LogP contribution in [0.15, 0.2) is 33.5 Å². The van der Waals surface area contributed by atoms with Gasteiger partial charge in [-0.25, -0.2) is 4.79 Å². The molecule has 1 aromatic heterocycles. The predicted octanol–water partition coefficient (Wildman–Crippen LogP) is 2.30. The van der Waals surface area contributed by atoms with Crippen LogP contribution in [0.2, 0.25) is 0 Å². The number of hydrogen-bond acceptors (Lipinski definition) is 3. The van der Waals surface area contributed by atoms with E-state index in [2.05, 4.69) is 0 Å². The molecule has 0 spiro atoms. The van der Waals surface area contributed by atoms with E-state index in [0.29, 0.717) is 11.1 Å². The summed E-state index contributed by atoms with van der Waals surface area (Å²) < 4.78 is 5.06. The normalized spacial score (nSPS) is 10.5. The Balaban J connectivity index is 2.97. The summed E-state index contributed by atoms with van der Waals surface area (Å²) in [6.07, 6.45) is 0. The molecule has 0 radical (unpaired) electrons. The molecule has 0 saturated carbocycles. The largest absolute Gasteiger partial charge is 0.422 e. The summed E-state index contributed by atoms with van der Waals surface area (Å²) in [6.45, 7) is 3.13. The van der Waals surface area contributed by atoms with Gasteiger partial charge < -0.3 is 4.42 Å². The zero-order valence-corrected chi connectivity index (χ0v) is 8.53. The maximum Gasteiger partial charge on any atom is 0.347 e. The molecule has 3 nitrogen and oxygen atoms in total. The molecule has 0 fully saturated rings. The number of benzene rings is 1. The van der Waals surface area contributed by atoms with Gasteiger partial charge in [0.2, 0.25) is 0 Å². The van der Waals surface area contributed by atoms with Crippen LogP contribution >= 0.6 is 0 Å². The van der Waals surface area contributed by atoms with Gasteiger partial charge in [0.05, 0.1) is 0 Å². The van der Waals surface area contributed by atoms with Crippen LogP contribution in [0.25, 0.3) is 11.0 Å². The van der Waals surface area contributed by atoms with Crippen LogP contribution in [-0.4, -0.2) is 5.78 Å². The highest BCUT2D eigenvalue weighted by Gasteiger charge is 2.13. The number of ketones is 1. The van der Waals surface area contributed by atoms with E-state index in [1.165, 1.54) is 6.92 Å². The van der Waals surface area contributed by atoms with Gasteiger partial charge in [0.15, 0.2) is 5.78 Å². The van der Waals surface area contributed by atoms with E-state index in [1.807, 2.05) is 12.1 Å². The summed E-state index contributed by atoms with van der Waals surface area (Å²) in [4.78, 5) is 22.8. The minimum absolute atomic E-state index is 0.147. The van der Waals surface area contributed by atoms with Crippen LogP contribution in [0.4, 0.5) is 0 Å². The SMILES string of the molecule is CC(=O)c1c(C)c2ccccc2oc1=O. The van der Waals surface area contributed by atoms with Crippen molar-refractivity contribution in [1.29, 1.82) is 0 Å². The van der Waals surface area contributed by atoms with Crippen LogP contribution < -0.4 is 5.63 Å². The third-order valence-corrected chi connectivity index (χ3v) is 2.42. The fraction of sp³-hybridized carbons (Fsp3) is 0.167. The van der Waals surface area contributed by atoms with E-state index in [0.717, 1.165) is 5.39 Å². The molecule has 76 valence electrons. The molecule has 1 aromatic carbocycles. The Hall–Kier alpha value is -1.90. The lowest BCUT2D eigenvalue weighted by Crippen LogP contribution is -2.14. The molecular weight excluding hydrogens is 192 g/mol. The van der Waals surface area contributed by atoms with Gasteiger partial charge in [0.1, 0.15) is 11.1 Å². The van der Waals surface area contributed by atoms with Crippen LogP contribution in [0.1, 0.15) is 22.8 Å². The molecular formula is C12H10O3. The molecule has 0 N–H and O–H groups in total. The molecule has 0 amide bonds. The molecule has 0 aliphatic carbocycles. The first-order chi connectivity index (χ1) is 7.11. The van der Waals surface area contributed by atoms with Gasteiger partial charge in [0, 0.05) is 5.39 Å². The topological polar surface area (TPSA) is 47.3 Å². The Kier molecular flexibility index (Phi) is 2.15. The Morgan fingerprint density at radius 1 is 1.27 bits per heavy atom. The summed E-state index contributed by atoms with van der Waals surface area (Å²) in [6, 6.07) is 7.19. The first-order valence-electron chi connectivity index (χ1n) is 4.64. The number of carbonyl (C=O) groups is 1. The van der Waals surface area contributed by atoms with Gasteiger partial charge in [-0.3, -0.25) is 4.79 Å². The Morgan fingerprint density at radius 3 is 2.60 bits per heavy atom. The van der Waals surface area contributed by atoms with Gasteiger partial charge >= 0.3 is 5.63 Å². The third kappa shape index (κ3) is 1.46.